The van der Waals surface area contributed by atoms with E-state index in [-0.39, 0.29) is 12.0 Å². The van der Waals surface area contributed by atoms with Crippen molar-refractivity contribution in [3.8, 4) is 0 Å². The van der Waals surface area contributed by atoms with Crippen LogP contribution in [-0.4, -0.2) is 37.2 Å². The van der Waals surface area contributed by atoms with Crippen LogP contribution >= 0.6 is 0 Å². The zero-order chi connectivity index (χ0) is 20.6. The van der Waals surface area contributed by atoms with E-state index in [9.17, 15) is 13.6 Å². The predicted molar refractivity (Wildman–Crippen MR) is 106 cm³/mol. The Kier molecular flexibility index (Phi) is 5.06. The fourth-order valence-corrected chi connectivity index (χ4v) is 3.38. The van der Waals surface area contributed by atoms with E-state index in [1.807, 2.05) is 13.8 Å². The maximum Gasteiger partial charge on any atom is 0.237 e. The molecule has 0 aromatic heterocycles. The third-order valence-electron chi connectivity index (χ3n) is 4.80. The quantitative estimate of drug-likeness (QED) is 0.744. The second-order valence-corrected chi connectivity index (χ2v) is 7.47. The molecule has 152 valence electrons. The molecule has 2 aromatic rings. The van der Waals surface area contributed by atoms with E-state index in [4.69, 9.17) is 9.47 Å². The fraction of sp³-hybridized carbons (Fsp3) is 0.333. The van der Waals surface area contributed by atoms with Crippen molar-refractivity contribution in [1.29, 1.82) is 0 Å². The number of aliphatic imine (C=N–C) groups is 1. The first kappa shape index (κ1) is 19.5. The second-order valence-electron chi connectivity index (χ2n) is 7.47. The maximum absolute atomic E-state index is 14.4. The first-order valence-electron chi connectivity index (χ1n) is 9.30. The first-order chi connectivity index (χ1) is 13.8. The van der Waals surface area contributed by atoms with Crippen molar-refractivity contribution in [2.45, 2.75) is 31.7 Å². The lowest BCUT2D eigenvalue weighted by Crippen LogP contribution is -2.26. The van der Waals surface area contributed by atoms with E-state index in [0.29, 0.717) is 35.8 Å². The summed E-state index contributed by atoms with van der Waals surface area (Å²) in [5, 5.41) is 5.68. The zero-order valence-corrected chi connectivity index (χ0v) is 16.0. The van der Waals surface area contributed by atoms with Crippen LogP contribution in [0.5, 0.6) is 0 Å². The van der Waals surface area contributed by atoms with Crippen molar-refractivity contribution in [2.24, 2.45) is 4.99 Å². The Labute approximate surface area is 166 Å². The fourth-order valence-electron chi connectivity index (χ4n) is 3.38. The van der Waals surface area contributed by atoms with Crippen LogP contribution in [0.3, 0.4) is 0 Å². The molecule has 2 aliphatic rings. The number of ether oxygens (including phenoxy) is 2. The molecule has 0 spiro atoms. The van der Waals surface area contributed by atoms with Gasteiger partial charge in [0, 0.05) is 24.5 Å². The minimum absolute atomic E-state index is 0.163. The van der Waals surface area contributed by atoms with E-state index >= 15 is 0 Å². The van der Waals surface area contributed by atoms with Crippen LogP contribution < -0.4 is 10.6 Å². The topological polar surface area (TPSA) is 72.0 Å². The molecule has 1 amide bonds. The van der Waals surface area contributed by atoms with Gasteiger partial charge in [-0.3, -0.25) is 9.79 Å². The van der Waals surface area contributed by atoms with Crippen LogP contribution in [0.15, 0.2) is 41.4 Å². The van der Waals surface area contributed by atoms with E-state index in [1.54, 1.807) is 12.1 Å². The van der Waals surface area contributed by atoms with Gasteiger partial charge < -0.3 is 20.1 Å². The monoisotopic (exact) mass is 401 g/mol. The number of halogens is 2. The van der Waals surface area contributed by atoms with Gasteiger partial charge in [-0.05, 0) is 49.7 Å². The standard InChI is InChI=1S/C21H21F2N3O3/c1-21(2)28-11-14(29-21)9-25-19-6-4-13(8-17(19)23)24-10-16-15-7-12(22)3-5-18(15)26-20(16)27/h3-8,10,14,16,25H,9,11H2,1-2H3,(H,26,27). The van der Waals surface area contributed by atoms with Gasteiger partial charge in [0.1, 0.15) is 23.7 Å². The van der Waals surface area contributed by atoms with Gasteiger partial charge in [-0.25, -0.2) is 8.78 Å². The molecule has 2 unspecified atom stereocenters. The molecule has 0 radical (unpaired) electrons. The highest BCUT2D eigenvalue weighted by molar-refractivity contribution is 6.12. The van der Waals surface area contributed by atoms with E-state index in [1.165, 1.54) is 30.5 Å². The van der Waals surface area contributed by atoms with Gasteiger partial charge in [-0.15, -0.1) is 0 Å². The number of amides is 1. The van der Waals surface area contributed by atoms with Crippen LogP contribution in [0, 0.1) is 11.6 Å². The number of fused-ring (bicyclic) bond motifs is 1. The SMILES string of the molecule is CC1(C)OCC(CNc2ccc(N=CC3C(=O)Nc4ccc(F)cc43)cc2F)O1. The molecule has 2 aromatic carbocycles. The van der Waals surface area contributed by atoms with Gasteiger partial charge in [0.05, 0.1) is 18.0 Å². The smallest absolute Gasteiger partial charge is 0.237 e. The molecule has 2 heterocycles. The molecule has 2 N–H and O–H groups in total. The van der Waals surface area contributed by atoms with E-state index in [0.717, 1.165) is 0 Å². The highest BCUT2D eigenvalue weighted by Crippen LogP contribution is 2.32. The molecule has 4 rings (SSSR count). The average molecular weight is 401 g/mol. The maximum atomic E-state index is 14.4. The van der Waals surface area contributed by atoms with Gasteiger partial charge in [-0.1, -0.05) is 0 Å². The Balaban J connectivity index is 1.42. The molecule has 1 fully saturated rings. The van der Waals surface area contributed by atoms with Crippen molar-refractivity contribution in [3.05, 3.63) is 53.6 Å². The van der Waals surface area contributed by atoms with E-state index < -0.39 is 23.3 Å². The minimum atomic E-state index is -0.718. The van der Waals surface area contributed by atoms with Crippen molar-refractivity contribution < 1.29 is 23.0 Å². The Bertz CT molecular complexity index is 978. The van der Waals surface area contributed by atoms with Crippen LogP contribution in [0.4, 0.5) is 25.8 Å². The normalized spacial score (nSPS) is 22.7. The highest BCUT2D eigenvalue weighted by Gasteiger charge is 2.32. The number of anilines is 2. The molecule has 6 nitrogen and oxygen atoms in total. The molecule has 29 heavy (non-hydrogen) atoms. The van der Waals surface area contributed by atoms with Gasteiger partial charge in [0.2, 0.25) is 5.91 Å². The third kappa shape index (κ3) is 4.28. The number of carbonyl (C=O) groups is 1. The van der Waals surface area contributed by atoms with Crippen molar-refractivity contribution in [2.75, 3.05) is 23.8 Å². The molecular formula is C21H21F2N3O3. The summed E-state index contributed by atoms with van der Waals surface area (Å²) in [5.74, 6) is -2.54. The summed E-state index contributed by atoms with van der Waals surface area (Å²) in [5.41, 5.74) is 1.75. The molecule has 2 aliphatic heterocycles. The summed E-state index contributed by atoms with van der Waals surface area (Å²) in [6, 6.07) is 8.57. The summed E-state index contributed by atoms with van der Waals surface area (Å²) in [7, 11) is 0. The number of hydrogen-bond acceptors (Lipinski definition) is 5. The van der Waals surface area contributed by atoms with Crippen LogP contribution in [0.25, 0.3) is 0 Å². The zero-order valence-electron chi connectivity index (χ0n) is 16.0. The number of carbonyl (C=O) groups excluding carboxylic acids is 1. The van der Waals surface area contributed by atoms with Crippen molar-refractivity contribution >= 4 is 29.2 Å². The average Bonchev–Trinajstić information content (AvgIpc) is 3.17. The van der Waals surface area contributed by atoms with Crippen LogP contribution in [0.1, 0.15) is 25.3 Å². The molecule has 1 saturated heterocycles. The summed E-state index contributed by atoms with van der Waals surface area (Å²) >= 11 is 0. The molecule has 0 bridgehead atoms. The van der Waals surface area contributed by atoms with Gasteiger partial charge in [0.25, 0.3) is 0 Å². The molecule has 0 saturated carbocycles. The summed E-state index contributed by atoms with van der Waals surface area (Å²) < 4.78 is 39.1. The molecular weight excluding hydrogens is 380 g/mol. The van der Waals surface area contributed by atoms with Gasteiger partial charge in [-0.2, -0.15) is 0 Å². The summed E-state index contributed by atoms with van der Waals surface area (Å²) in [6.07, 6.45) is 1.23. The Morgan fingerprint density at radius 1 is 1.28 bits per heavy atom. The lowest BCUT2D eigenvalue weighted by Gasteiger charge is -2.17. The van der Waals surface area contributed by atoms with Crippen LogP contribution in [0.2, 0.25) is 0 Å². The predicted octanol–water partition coefficient (Wildman–Crippen LogP) is 3.97. The number of hydrogen-bond donors (Lipinski definition) is 2. The molecule has 8 heteroatoms. The Hall–Kier alpha value is -2.84. The third-order valence-corrected chi connectivity index (χ3v) is 4.80. The second kappa shape index (κ2) is 7.53. The van der Waals surface area contributed by atoms with Gasteiger partial charge in [0.15, 0.2) is 5.79 Å². The van der Waals surface area contributed by atoms with Crippen molar-refractivity contribution in [1.82, 2.24) is 0 Å². The largest absolute Gasteiger partial charge is 0.380 e. The minimum Gasteiger partial charge on any atom is -0.380 e. The summed E-state index contributed by atoms with van der Waals surface area (Å²) in [6.45, 7) is 4.51. The Morgan fingerprint density at radius 2 is 2.10 bits per heavy atom. The number of nitrogens with zero attached hydrogens (tertiary/aromatic N) is 1. The molecule has 2 atom stereocenters. The van der Waals surface area contributed by atoms with Crippen molar-refractivity contribution in [3.63, 3.8) is 0 Å². The summed E-state index contributed by atoms with van der Waals surface area (Å²) in [4.78, 5) is 16.3. The highest BCUT2D eigenvalue weighted by atomic mass is 19.1. The van der Waals surface area contributed by atoms with E-state index in [2.05, 4.69) is 15.6 Å². The van der Waals surface area contributed by atoms with Crippen LogP contribution in [-0.2, 0) is 14.3 Å². The lowest BCUT2D eigenvalue weighted by molar-refractivity contribution is -0.136. The number of benzene rings is 2. The molecule has 0 aliphatic carbocycles. The number of rotatable bonds is 5. The first-order valence-corrected chi connectivity index (χ1v) is 9.30. The number of nitrogens with one attached hydrogen (secondary N) is 2. The lowest BCUT2D eigenvalue weighted by atomic mass is 10.0. The van der Waals surface area contributed by atoms with Gasteiger partial charge >= 0.3 is 0 Å². The Morgan fingerprint density at radius 3 is 2.83 bits per heavy atom.